The molecule has 3 aromatic carbocycles. The zero-order chi connectivity index (χ0) is 25.7. The molecule has 4 aromatic rings. The molecule has 1 atom stereocenters. The van der Waals surface area contributed by atoms with Gasteiger partial charge in [0.25, 0.3) is 0 Å². The number of carbonyl (C=O) groups is 3. The molecule has 1 unspecified atom stereocenters. The summed E-state index contributed by atoms with van der Waals surface area (Å²) in [6.45, 7) is 6.09. The Morgan fingerprint density at radius 1 is 0.806 bits per heavy atom. The number of fused-ring (bicyclic) bond motifs is 1. The Labute approximate surface area is 209 Å². The zero-order valence-corrected chi connectivity index (χ0v) is 20.4. The van der Waals surface area contributed by atoms with E-state index in [9.17, 15) is 14.4 Å². The maximum Gasteiger partial charge on any atom is 0.339 e. The molecule has 0 bridgehead atoms. The number of hydrogen-bond donors (Lipinski definition) is 1. The van der Waals surface area contributed by atoms with Gasteiger partial charge in [0, 0.05) is 33.8 Å². The number of aromatic amines is 1. The van der Waals surface area contributed by atoms with E-state index in [1.54, 1.807) is 42.6 Å². The number of Topliss-reactive ketones (excluding diaryl/α,β-unsaturated/α-hetero) is 1. The van der Waals surface area contributed by atoms with Gasteiger partial charge in [0.2, 0.25) is 5.78 Å². The average molecular weight is 486 g/mol. The van der Waals surface area contributed by atoms with Gasteiger partial charge >= 0.3 is 5.97 Å². The first-order valence-electron chi connectivity index (χ1n) is 11.8. The van der Waals surface area contributed by atoms with Crippen molar-refractivity contribution in [3.05, 3.63) is 95.2 Å². The van der Waals surface area contributed by atoms with E-state index in [1.807, 2.05) is 38.1 Å². The summed E-state index contributed by atoms with van der Waals surface area (Å²) in [5.41, 5.74) is 1.84. The Morgan fingerprint density at radius 3 is 2.22 bits per heavy atom. The van der Waals surface area contributed by atoms with E-state index in [1.165, 1.54) is 13.0 Å². The Balaban J connectivity index is 1.57. The Bertz CT molecular complexity index is 1420. The van der Waals surface area contributed by atoms with Crippen LogP contribution >= 0.6 is 0 Å². The summed E-state index contributed by atoms with van der Waals surface area (Å²) in [7, 11) is 0. The smallest absolute Gasteiger partial charge is 0.339 e. The van der Waals surface area contributed by atoms with Crippen molar-refractivity contribution in [3.63, 3.8) is 0 Å². The van der Waals surface area contributed by atoms with E-state index in [4.69, 9.17) is 14.2 Å². The van der Waals surface area contributed by atoms with Crippen LogP contribution in [-0.4, -0.2) is 41.8 Å². The number of ether oxygens (including phenoxy) is 3. The van der Waals surface area contributed by atoms with E-state index < -0.39 is 12.1 Å². The number of nitrogens with one attached hydrogen (secondary N) is 1. The highest BCUT2D eigenvalue weighted by atomic mass is 16.5. The van der Waals surface area contributed by atoms with Crippen LogP contribution in [0.25, 0.3) is 10.9 Å². The summed E-state index contributed by atoms with van der Waals surface area (Å²) in [6, 6.07) is 18.7. The fraction of sp³-hybridized carbons (Fsp3) is 0.207. The van der Waals surface area contributed by atoms with Gasteiger partial charge in [-0.25, -0.2) is 4.79 Å². The van der Waals surface area contributed by atoms with Crippen LogP contribution in [0.1, 0.15) is 57.4 Å². The number of esters is 1. The lowest BCUT2D eigenvalue weighted by Gasteiger charge is -2.15. The van der Waals surface area contributed by atoms with Crippen LogP contribution < -0.4 is 9.47 Å². The number of benzene rings is 3. The van der Waals surface area contributed by atoms with Gasteiger partial charge < -0.3 is 19.2 Å². The molecule has 7 nitrogen and oxygen atoms in total. The van der Waals surface area contributed by atoms with Crippen molar-refractivity contribution in [2.75, 3.05) is 13.2 Å². The van der Waals surface area contributed by atoms with Gasteiger partial charge in [-0.2, -0.15) is 0 Å². The van der Waals surface area contributed by atoms with Crippen LogP contribution in [0.5, 0.6) is 11.5 Å². The molecule has 184 valence electrons. The third-order valence-electron chi connectivity index (χ3n) is 5.70. The summed E-state index contributed by atoms with van der Waals surface area (Å²) in [6.07, 6.45) is 0.561. The van der Waals surface area contributed by atoms with Gasteiger partial charge in [0.05, 0.1) is 18.8 Å². The molecule has 0 radical (unpaired) electrons. The van der Waals surface area contributed by atoms with Gasteiger partial charge in [0.1, 0.15) is 0 Å². The first-order chi connectivity index (χ1) is 17.4. The number of hydrogen-bond acceptors (Lipinski definition) is 6. The third-order valence-corrected chi connectivity index (χ3v) is 5.70. The van der Waals surface area contributed by atoms with Crippen molar-refractivity contribution in [3.8, 4) is 11.5 Å². The molecule has 36 heavy (non-hydrogen) atoms. The molecule has 4 rings (SSSR count). The number of ketones is 2. The maximum atomic E-state index is 13.4. The maximum absolute atomic E-state index is 13.4. The second-order valence-corrected chi connectivity index (χ2v) is 8.06. The van der Waals surface area contributed by atoms with Gasteiger partial charge in [-0.15, -0.1) is 0 Å². The van der Waals surface area contributed by atoms with E-state index in [2.05, 4.69) is 4.98 Å². The Kier molecular flexibility index (Phi) is 7.49. The third kappa shape index (κ3) is 5.00. The number of para-hydroxylation sites is 1. The molecule has 0 amide bonds. The fourth-order valence-electron chi connectivity index (χ4n) is 3.98. The van der Waals surface area contributed by atoms with Gasteiger partial charge in [0.15, 0.2) is 23.4 Å². The van der Waals surface area contributed by atoms with E-state index in [0.717, 1.165) is 10.9 Å². The lowest BCUT2D eigenvalue weighted by molar-refractivity contribution is 0.0318. The Morgan fingerprint density at radius 2 is 1.47 bits per heavy atom. The second kappa shape index (κ2) is 10.9. The molecule has 1 N–H and O–H groups in total. The largest absolute Gasteiger partial charge is 0.490 e. The molecule has 7 heteroatoms. The van der Waals surface area contributed by atoms with Crippen molar-refractivity contribution in [1.29, 1.82) is 0 Å². The van der Waals surface area contributed by atoms with E-state index >= 15 is 0 Å². The molecule has 0 aliphatic carbocycles. The lowest BCUT2D eigenvalue weighted by atomic mass is 9.98. The lowest BCUT2D eigenvalue weighted by Crippen LogP contribution is -2.25. The predicted molar refractivity (Wildman–Crippen MR) is 136 cm³/mol. The van der Waals surface area contributed by atoms with Crippen LogP contribution in [-0.2, 0) is 4.74 Å². The van der Waals surface area contributed by atoms with Crippen LogP contribution in [0.2, 0.25) is 0 Å². The summed E-state index contributed by atoms with van der Waals surface area (Å²) < 4.78 is 16.7. The quantitative estimate of drug-likeness (QED) is 0.231. The van der Waals surface area contributed by atoms with Gasteiger partial charge in [-0.3, -0.25) is 9.59 Å². The van der Waals surface area contributed by atoms with Crippen LogP contribution in [0.15, 0.2) is 72.9 Å². The summed E-state index contributed by atoms with van der Waals surface area (Å²) >= 11 is 0. The SMILES string of the molecule is CCOc1ccc(C(=O)c2ccccc2C(=O)OC(C)C(=O)c2c[nH]c3ccccc23)cc1OCC. The zero-order valence-electron chi connectivity index (χ0n) is 20.4. The minimum Gasteiger partial charge on any atom is -0.490 e. The summed E-state index contributed by atoms with van der Waals surface area (Å²) in [5.74, 6) is -0.480. The minimum atomic E-state index is -1.05. The van der Waals surface area contributed by atoms with Crippen molar-refractivity contribution >= 4 is 28.4 Å². The highest BCUT2D eigenvalue weighted by Crippen LogP contribution is 2.30. The van der Waals surface area contributed by atoms with Crippen molar-refractivity contribution in [2.24, 2.45) is 0 Å². The van der Waals surface area contributed by atoms with E-state index in [0.29, 0.717) is 35.8 Å². The molecule has 0 aliphatic rings. The minimum absolute atomic E-state index is 0.0768. The molecular formula is C29H27NO6. The van der Waals surface area contributed by atoms with Crippen LogP contribution in [0.3, 0.4) is 0 Å². The average Bonchev–Trinajstić information content (AvgIpc) is 3.33. The highest BCUT2D eigenvalue weighted by molar-refractivity contribution is 6.15. The van der Waals surface area contributed by atoms with Crippen molar-refractivity contribution in [2.45, 2.75) is 26.9 Å². The Hall–Kier alpha value is -4.39. The number of carbonyl (C=O) groups excluding carboxylic acids is 3. The molecule has 0 spiro atoms. The normalized spacial score (nSPS) is 11.6. The van der Waals surface area contributed by atoms with E-state index in [-0.39, 0.29) is 22.7 Å². The van der Waals surface area contributed by atoms with Crippen molar-refractivity contribution < 1.29 is 28.6 Å². The second-order valence-electron chi connectivity index (χ2n) is 8.06. The molecule has 1 heterocycles. The number of aromatic nitrogens is 1. The predicted octanol–water partition coefficient (Wildman–Crippen LogP) is 5.62. The molecule has 0 saturated heterocycles. The molecule has 1 aromatic heterocycles. The topological polar surface area (TPSA) is 94.7 Å². The molecule has 0 fully saturated rings. The molecular weight excluding hydrogens is 458 g/mol. The van der Waals surface area contributed by atoms with Crippen LogP contribution in [0.4, 0.5) is 0 Å². The standard InChI is InChI=1S/C29H27NO6/c1-4-34-25-15-14-19(16-26(25)35-5-2)28(32)21-11-6-7-12-22(21)29(33)36-18(3)27(31)23-17-30-24-13-9-8-10-20(23)24/h6-18,30H,4-5H2,1-3H3. The molecule has 0 aliphatic heterocycles. The summed E-state index contributed by atoms with van der Waals surface area (Å²) in [5, 5.41) is 0.751. The van der Waals surface area contributed by atoms with Crippen LogP contribution in [0, 0.1) is 0 Å². The first-order valence-corrected chi connectivity index (χ1v) is 11.8. The first kappa shape index (κ1) is 24.7. The molecule has 0 saturated carbocycles. The highest BCUT2D eigenvalue weighted by Gasteiger charge is 2.26. The van der Waals surface area contributed by atoms with Crippen molar-refractivity contribution in [1.82, 2.24) is 4.98 Å². The monoisotopic (exact) mass is 485 g/mol. The van der Waals surface area contributed by atoms with Gasteiger partial charge in [-0.05, 0) is 51.1 Å². The number of rotatable bonds is 10. The number of H-pyrrole nitrogens is 1. The fourth-order valence-corrected chi connectivity index (χ4v) is 3.98. The summed E-state index contributed by atoms with van der Waals surface area (Å²) in [4.78, 5) is 42.5. The van der Waals surface area contributed by atoms with Gasteiger partial charge in [-0.1, -0.05) is 36.4 Å².